The third-order valence-electron chi connectivity index (χ3n) is 4.05. The smallest absolute Gasteiger partial charge is 0.254 e. The van der Waals surface area contributed by atoms with Gasteiger partial charge < -0.3 is 10.4 Å². The molecule has 1 aromatic rings. The summed E-state index contributed by atoms with van der Waals surface area (Å²) in [4.78, 5) is 12.0. The molecule has 1 amide bonds. The summed E-state index contributed by atoms with van der Waals surface area (Å²) in [5.74, 6) is -0.943. The minimum Gasteiger partial charge on any atom is -0.388 e. The number of hydrogen-bond donors (Lipinski definition) is 2. The van der Waals surface area contributed by atoms with Gasteiger partial charge in [-0.05, 0) is 31.4 Å². The number of nitrogens with one attached hydrogen (secondary N) is 1. The van der Waals surface area contributed by atoms with Crippen molar-refractivity contribution >= 4 is 5.91 Å². The minimum absolute atomic E-state index is 0.0437. The lowest BCUT2D eigenvalue weighted by Gasteiger charge is -2.26. The van der Waals surface area contributed by atoms with E-state index in [0.29, 0.717) is 18.4 Å². The molecule has 0 heterocycles. The number of halogens is 1. The predicted octanol–water partition coefficient (Wildman–Crippen LogP) is 2.95. The normalized spacial score (nSPS) is 18.4. The van der Waals surface area contributed by atoms with Crippen molar-refractivity contribution < 1.29 is 14.3 Å². The Bertz CT molecular complexity index is 479. The average Bonchev–Trinajstić information content (AvgIpc) is 2.65. The van der Waals surface area contributed by atoms with Crippen LogP contribution in [0.15, 0.2) is 18.2 Å². The first-order chi connectivity index (χ1) is 9.52. The van der Waals surface area contributed by atoms with Gasteiger partial charge in [-0.2, -0.15) is 0 Å². The Morgan fingerprint density at radius 3 is 2.60 bits per heavy atom. The second-order valence-corrected chi connectivity index (χ2v) is 5.76. The predicted molar refractivity (Wildman–Crippen MR) is 76.1 cm³/mol. The zero-order valence-electron chi connectivity index (χ0n) is 11.9. The zero-order valence-corrected chi connectivity index (χ0v) is 11.9. The molecule has 0 radical (unpaired) electrons. The van der Waals surface area contributed by atoms with Crippen LogP contribution in [0, 0.1) is 12.7 Å². The van der Waals surface area contributed by atoms with E-state index in [4.69, 9.17) is 0 Å². The number of amides is 1. The Balaban J connectivity index is 1.99. The van der Waals surface area contributed by atoms with Crippen LogP contribution in [0.5, 0.6) is 0 Å². The van der Waals surface area contributed by atoms with Crippen LogP contribution in [0.25, 0.3) is 0 Å². The number of hydrogen-bond acceptors (Lipinski definition) is 2. The third kappa shape index (κ3) is 3.57. The van der Waals surface area contributed by atoms with E-state index in [1.54, 1.807) is 19.1 Å². The fraction of sp³-hybridized carbons (Fsp3) is 0.562. The molecular formula is C16H22FNO2. The molecule has 4 heteroatoms. The van der Waals surface area contributed by atoms with Crippen LogP contribution in [0.1, 0.15) is 54.4 Å². The van der Waals surface area contributed by atoms with Crippen molar-refractivity contribution in [2.45, 2.75) is 51.0 Å². The van der Waals surface area contributed by atoms with Gasteiger partial charge in [-0.25, -0.2) is 4.39 Å². The monoisotopic (exact) mass is 279 g/mol. The van der Waals surface area contributed by atoms with Crippen LogP contribution in [0.3, 0.4) is 0 Å². The van der Waals surface area contributed by atoms with Gasteiger partial charge in [0.2, 0.25) is 0 Å². The summed E-state index contributed by atoms with van der Waals surface area (Å²) < 4.78 is 13.9. The maximum Gasteiger partial charge on any atom is 0.254 e. The number of rotatable bonds is 3. The molecule has 0 bridgehead atoms. The van der Waals surface area contributed by atoms with Crippen molar-refractivity contribution in [3.63, 3.8) is 0 Å². The molecule has 0 atom stereocenters. The highest BCUT2D eigenvalue weighted by Crippen LogP contribution is 2.26. The van der Waals surface area contributed by atoms with Gasteiger partial charge in [0.1, 0.15) is 5.82 Å². The lowest BCUT2D eigenvalue weighted by Crippen LogP contribution is -2.42. The molecule has 0 aliphatic heterocycles. The third-order valence-corrected chi connectivity index (χ3v) is 4.05. The number of carbonyl (C=O) groups excluding carboxylic acids is 1. The molecule has 1 aliphatic rings. The van der Waals surface area contributed by atoms with E-state index in [2.05, 4.69) is 5.32 Å². The van der Waals surface area contributed by atoms with Crippen LogP contribution < -0.4 is 5.32 Å². The van der Waals surface area contributed by atoms with Crippen LogP contribution in [-0.4, -0.2) is 23.2 Å². The molecule has 20 heavy (non-hydrogen) atoms. The van der Waals surface area contributed by atoms with Gasteiger partial charge in [-0.3, -0.25) is 4.79 Å². The molecule has 0 unspecified atom stereocenters. The topological polar surface area (TPSA) is 49.3 Å². The summed E-state index contributed by atoms with van der Waals surface area (Å²) in [6.45, 7) is 1.82. The van der Waals surface area contributed by atoms with Crippen molar-refractivity contribution in [1.82, 2.24) is 5.32 Å². The van der Waals surface area contributed by atoms with Crippen LogP contribution in [0.2, 0.25) is 0 Å². The summed E-state index contributed by atoms with van der Waals surface area (Å²) >= 11 is 0. The molecule has 0 aromatic heterocycles. The first kappa shape index (κ1) is 15.0. The zero-order chi connectivity index (χ0) is 14.6. The molecule has 0 saturated heterocycles. The van der Waals surface area contributed by atoms with Gasteiger partial charge in [-0.15, -0.1) is 0 Å². The van der Waals surface area contributed by atoms with Gasteiger partial charge in [0, 0.05) is 6.54 Å². The van der Waals surface area contributed by atoms with Gasteiger partial charge in [-0.1, -0.05) is 37.8 Å². The number of aryl methyl sites for hydroxylation is 1. The van der Waals surface area contributed by atoms with Crippen molar-refractivity contribution in [2.24, 2.45) is 0 Å². The molecule has 1 fully saturated rings. The fourth-order valence-electron chi connectivity index (χ4n) is 2.73. The minimum atomic E-state index is -0.841. The Morgan fingerprint density at radius 2 is 1.95 bits per heavy atom. The summed E-state index contributed by atoms with van der Waals surface area (Å²) in [5, 5.41) is 13.1. The maximum atomic E-state index is 13.9. The van der Waals surface area contributed by atoms with E-state index >= 15 is 0 Å². The number of aliphatic hydroxyl groups is 1. The molecule has 1 aromatic carbocycles. The van der Waals surface area contributed by atoms with E-state index < -0.39 is 17.3 Å². The standard InChI is InChI=1S/C16H22FNO2/c1-12-7-6-8-13(14(12)17)15(19)18-11-16(20)9-4-2-3-5-10-16/h6-8,20H,2-5,9-11H2,1H3,(H,18,19). The number of carbonyl (C=O) groups is 1. The lowest BCUT2D eigenvalue weighted by molar-refractivity contribution is 0.0246. The maximum absolute atomic E-state index is 13.9. The number of benzene rings is 1. The second-order valence-electron chi connectivity index (χ2n) is 5.76. The fourth-order valence-corrected chi connectivity index (χ4v) is 2.73. The molecule has 1 saturated carbocycles. The average molecular weight is 279 g/mol. The van der Waals surface area contributed by atoms with Gasteiger partial charge in [0.05, 0.1) is 11.2 Å². The second kappa shape index (κ2) is 6.35. The summed E-state index contributed by atoms with van der Waals surface area (Å²) in [6, 6.07) is 4.76. The van der Waals surface area contributed by atoms with Crippen LogP contribution in [0.4, 0.5) is 4.39 Å². The Morgan fingerprint density at radius 1 is 1.30 bits per heavy atom. The van der Waals surface area contributed by atoms with Gasteiger partial charge >= 0.3 is 0 Å². The van der Waals surface area contributed by atoms with Gasteiger partial charge in [0.25, 0.3) is 5.91 Å². The first-order valence-electron chi connectivity index (χ1n) is 7.27. The summed E-state index contributed by atoms with van der Waals surface area (Å²) in [6.07, 6.45) is 5.61. The highest BCUT2D eigenvalue weighted by molar-refractivity contribution is 5.94. The molecule has 110 valence electrons. The SMILES string of the molecule is Cc1cccc(C(=O)NCC2(O)CCCCCC2)c1F. The van der Waals surface area contributed by atoms with Crippen molar-refractivity contribution in [1.29, 1.82) is 0 Å². The molecule has 2 rings (SSSR count). The van der Waals surface area contributed by atoms with E-state index in [1.807, 2.05) is 0 Å². The highest BCUT2D eigenvalue weighted by Gasteiger charge is 2.28. The Labute approximate surface area is 119 Å². The summed E-state index contributed by atoms with van der Waals surface area (Å²) in [7, 11) is 0. The molecule has 2 N–H and O–H groups in total. The Hall–Kier alpha value is -1.42. The molecule has 1 aliphatic carbocycles. The van der Waals surface area contributed by atoms with Crippen LogP contribution in [-0.2, 0) is 0 Å². The molecule has 0 spiro atoms. The van der Waals surface area contributed by atoms with E-state index in [9.17, 15) is 14.3 Å². The van der Waals surface area contributed by atoms with Gasteiger partial charge in [0.15, 0.2) is 0 Å². The van der Waals surface area contributed by atoms with Crippen molar-refractivity contribution in [3.05, 3.63) is 35.1 Å². The molecular weight excluding hydrogens is 257 g/mol. The highest BCUT2D eigenvalue weighted by atomic mass is 19.1. The Kier molecular flexibility index (Phi) is 4.76. The quantitative estimate of drug-likeness (QED) is 0.836. The first-order valence-corrected chi connectivity index (χ1v) is 7.27. The van der Waals surface area contributed by atoms with E-state index in [1.165, 1.54) is 6.07 Å². The molecule has 3 nitrogen and oxygen atoms in total. The summed E-state index contributed by atoms with van der Waals surface area (Å²) in [5.41, 5.74) is -0.347. The van der Waals surface area contributed by atoms with Crippen molar-refractivity contribution in [2.75, 3.05) is 6.54 Å². The van der Waals surface area contributed by atoms with Crippen LogP contribution >= 0.6 is 0 Å². The van der Waals surface area contributed by atoms with E-state index in [0.717, 1.165) is 25.7 Å². The van der Waals surface area contributed by atoms with E-state index in [-0.39, 0.29) is 12.1 Å². The largest absolute Gasteiger partial charge is 0.388 e. The van der Waals surface area contributed by atoms with Crippen molar-refractivity contribution in [3.8, 4) is 0 Å². The lowest BCUT2D eigenvalue weighted by atomic mass is 9.94.